The zero-order chi connectivity index (χ0) is 11.8. The van der Waals surface area contributed by atoms with Crippen molar-refractivity contribution in [3.05, 3.63) is 52.1 Å². The Balaban J connectivity index is 2.40. The van der Waals surface area contributed by atoms with Gasteiger partial charge in [-0.2, -0.15) is 0 Å². The predicted octanol–water partition coefficient (Wildman–Crippen LogP) is 2.96. The SMILES string of the molecule is O=c1[nH]c2ccsc2c(O)c1-c1ccccc1. The van der Waals surface area contributed by atoms with Crippen LogP contribution < -0.4 is 5.56 Å². The molecule has 0 aliphatic rings. The smallest absolute Gasteiger partial charge is 0.260 e. The highest BCUT2D eigenvalue weighted by molar-refractivity contribution is 7.17. The van der Waals surface area contributed by atoms with E-state index in [1.807, 2.05) is 35.7 Å². The molecule has 0 fully saturated rings. The molecule has 0 aliphatic carbocycles. The van der Waals surface area contributed by atoms with E-state index in [9.17, 15) is 9.90 Å². The number of aromatic hydroxyl groups is 1. The molecule has 0 spiro atoms. The van der Waals surface area contributed by atoms with Crippen LogP contribution in [0, 0.1) is 0 Å². The van der Waals surface area contributed by atoms with E-state index in [0.717, 1.165) is 5.56 Å². The summed E-state index contributed by atoms with van der Waals surface area (Å²) in [5.74, 6) is 0.0601. The van der Waals surface area contributed by atoms with Crippen molar-refractivity contribution in [2.75, 3.05) is 0 Å². The lowest BCUT2D eigenvalue weighted by Gasteiger charge is -2.04. The predicted molar refractivity (Wildman–Crippen MR) is 69.5 cm³/mol. The van der Waals surface area contributed by atoms with Gasteiger partial charge in [-0.15, -0.1) is 11.3 Å². The van der Waals surface area contributed by atoms with Crippen LogP contribution in [0.3, 0.4) is 0 Å². The minimum atomic E-state index is -0.264. The summed E-state index contributed by atoms with van der Waals surface area (Å²) >= 11 is 1.41. The normalized spacial score (nSPS) is 10.8. The van der Waals surface area contributed by atoms with E-state index >= 15 is 0 Å². The van der Waals surface area contributed by atoms with Gasteiger partial charge in [-0.05, 0) is 17.0 Å². The first-order chi connectivity index (χ1) is 8.27. The van der Waals surface area contributed by atoms with Gasteiger partial charge in [-0.3, -0.25) is 4.79 Å². The van der Waals surface area contributed by atoms with Crippen LogP contribution >= 0.6 is 11.3 Å². The van der Waals surface area contributed by atoms with Gasteiger partial charge in [0.15, 0.2) is 0 Å². The molecule has 2 aromatic heterocycles. The van der Waals surface area contributed by atoms with E-state index in [4.69, 9.17) is 0 Å². The highest BCUT2D eigenvalue weighted by Gasteiger charge is 2.13. The Morgan fingerprint density at radius 3 is 2.65 bits per heavy atom. The quantitative estimate of drug-likeness (QED) is 0.690. The number of aromatic amines is 1. The second-order valence-corrected chi connectivity index (χ2v) is 4.62. The van der Waals surface area contributed by atoms with E-state index in [1.165, 1.54) is 11.3 Å². The average molecular weight is 243 g/mol. The highest BCUT2D eigenvalue weighted by Crippen LogP contribution is 2.34. The standard InChI is InChI=1S/C13H9NO2S/c15-11-10(8-4-2-1-3-5-8)13(16)14-9-6-7-17-12(9)11/h1-7H,(H2,14,15,16). The fraction of sp³-hybridized carbons (Fsp3) is 0. The van der Waals surface area contributed by atoms with Crippen LogP contribution in [0.25, 0.3) is 21.3 Å². The molecular formula is C13H9NO2S. The first kappa shape index (κ1) is 10.1. The molecule has 84 valence electrons. The molecule has 3 rings (SSSR count). The van der Waals surface area contributed by atoms with Crippen molar-refractivity contribution in [1.29, 1.82) is 0 Å². The number of benzene rings is 1. The van der Waals surface area contributed by atoms with Gasteiger partial charge < -0.3 is 10.1 Å². The molecule has 0 aliphatic heterocycles. The van der Waals surface area contributed by atoms with E-state index in [-0.39, 0.29) is 11.3 Å². The Hall–Kier alpha value is -2.07. The maximum absolute atomic E-state index is 11.9. The molecule has 3 aromatic rings. The van der Waals surface area contributed by atoms with Crippen molar-refractivity contribution in [2.24, 2.45) is 0 Å². The van der Waals surface area contributed by atoms with Gasteiger partial charge in [0.1, 0.15) is 5.75 Å². The third-order valence-corrected chi connectivity index (χ3v) is 3.58. The fourth-order valence-corrected chi connectivity index (χ4v) is 2.67. The summed E-state index contributed by atoms with van der Waals surface area (Å²) in [5.41, 5.74) is 1.47. The van der Waals surface area contributed by atoms with E-state index < -0.39 is 0 Å². The van der Waals surface area contributed by atoms with Crippen LogP contribution in [0.4, 0.5) is 0 Å². The monoisotopic (exact) mass is 243 g/mol. The number of H-pyrrole nitrogens is 1. The summed E-state index contributed by atoms with van der Waals surface area (Å²) < 4.78 is 0.712. The molecule has 0 atom stereocenters. The van der Waals surface area contributed by atoms with Crippen LogP contribution in [0.1, 0.15) is 0 Å². The summed E-state index contributed by atoms with van der Waals surface area (Å²) in [7, 11) is 0. The molecule has 1 aromatic carbocycles. The minimum absolute atomic E-state index is 0.0601. The largest absolute Gasteiger partial charge is 0.506 e. The van der Waals surface area contributed by atoms with Gasteiger partial charge in [-0.1, -0.05) is 30.3 Å². The van der Waals surface area contributed by atoms with Gasteiger partial charge >= 0.3 is 0 Å². The molecule has 0 unspecified atom stereocenters. The van der Waals surface area contributed by atoms with Crippen molar-refractivity contribution in [2.45, 2.75) is 0 Å². The van der Waals surface area contributed by atoms with E-state index in [1.54, 1.807) is 6.07 Å². The third-order valence-electron chi connectivity index (χ3n) is 2.65. The lowest BCUT2D eigenvalue weighted by Crippen LogP contribution is -2.08. The van der Waals surface area contributed by atoms with Crippen molar-refractivity contribution in [1.82, 2.24) is 4.98 Å². The maximum atomic E-state index is 11.9. The molecule has 0 saturated heterocycles. The molecule has 0 radical (unpaired) electrons. The topological polar surface area (TPSA) is 53.1 Å². The molecule has 2 heterocycles. The van der Waals surface area contributed by atoms with E-state index in [2.05, 4.69) is 4.98 Å². The molecule has 17 heavy (non-hydrogen) atoms. The molecule has 0 bridgehead atoms. The van der Waals surface area contributed by atoms with Gasteiger partial charge in [0.25, 0.3) is 5.56 Å². The number of hydrogen-bond donors (Lipinski definition) is 2. The second kappa shape index (κ2) is 3.75. The van der Waals surface area contributed by atoms with Crippen LogP contribution in [0.5, 0.6) is 5.75 Å². The molecular weight excluding hydrogens is 234 g/mol. The maximum Gasteiger partial charge on any atom is 0.260 e. The zero-order valence-corrected chi connectivity index (χ0v) is 9.62. The third kappa shape index (κ3) is 1.54. The highest BCUT2D eigenvalue weighted by atomic mass is 32.1. The Morgan fingerprint density at radius 2 is 1.88 bits per heavy atom. The van der Waals surface area contributed by atoms with Crippen LogP contribution in [-0.4, -0.2) is 10.1 Å². The Labute approximate surface area is 101 Å². The fourth-order valence-electron chi connectivity index (χ4n) is 1.87. The van der Waals surface area contributed by atoms with Crippen LogP contribution in [0.2, 0.25) is 0 Å². The van der Waals surface area contributed by atoms with Crippen LogP contribution in [-0.2, 0) is 0 Å². The number of fused-ring (bicyclic) bond motifs is 1. The zero-order valence-electron chi connectivity index (χ0n) is 8.81. The van der Waals surface area contributed by atoms with E-state index in [0.29, 0.717) is 15.8 Å². The van der Waals surface area contributed by atoms with Crippen molar-refractivity contribution < 1.29 is 5.11 Å². The Bertz CT molecular complexity index is 728. The lowest BCUT2D eigenvalue weighted by atomic mass is 10.1. The number of rotatable bonds is 1. The summed E-state index contributed by atoms with van der Waals surface area (Å²) in [5, 5.41) is 12.0. The number of pyridine rings is 1. The average Bonchev–Trinajstić information content (AvgIpc) is 2.78. The van der Waals surface area contributed by atoms with Gasteiger partial charge in [-0.25, -0.2) is 0 Å². The molecule has 2 N–H and O–H groups in total. The van der Waals surface area contributed by atoms with Gasteiger partial charge in [0, 0.05) is 0 Å². The Kier molecular flexibility index (Phi) is 2.23. The second-order valence-electron chi connectivity index (χ2n) is 3.71. The lowest BCUT2D eigenvalue weighted by molar-refractivity contribution is 0.483. The van der Waals surface area contributed by atoms with Crippen molar-refractivity contribution >= 4 is 21.6 Å². The summed E-state index contributed by atoms with van der Waals surface area (Å²) in [6.45, 7) is 0. The molecule has 4 heteroatoms. The number of thiophene rings is 1. The number of nitrogens with one attached hydrogen (secondary N) is 1. The van der Waals surface area contributed by atoms with Gasteiger partial charge in [0.05, 0.1) is 15.8 Å². The first-order valence-electron chi connectivity index (χ1n) is 5.15. The molecule has 3 nitrogen and oxygen atoms in total. The summed E-state index contributed by atoms with van der Waals surface area (Å²) in [4.78, 5) is 14.7. The Morgan fingerprint density at radius 1 is 1.12 bits per heavy atom. The summed E-state index contributed by atoms with van der Waals surface area (Å²) in [6.07, 6.45) is 0. The van der Waals surface area contributed by atoms with Crippen molar-refractivity contribution in [3.63, 3.8) is 0 Å². The van der Waals surface area contributed by atoms with Crippen molar-refractivity contribution in [3.8, 4) is 16.9 Å². The number of aromatic nitrogens is 1. The first-order valence-corrected chi connectivity index (χ1v) is 6.03. The minimum Gasteiger partial charge on any atom is -0.506 e. The van der Waals surface area contributed by atoms with Crippen LogP contribution in [0.15, 0.2) is 46.6 Å². The summed E-state index contributed by atoms with van der Waals surface area (Å²) in [6, 6.07) is 11.0. The molecule has 0 amide bonds. The molecule has 0 saturated carbocycles. The number of hydrogen-bond acceptors (Lipinski definition) is 3. The van der Waals surface area contributed by atoms with Gasteiger partial charge in [0.2, 0.25) is 0 Å².